The van der Waals surface area contributed by atoms with Gasteiger partial charge in [0.15, 0.2) is 0 Å². The smallest absolute Gasteiger partial charge is 0.0536 e. The molecule has 0 bridgehead atoms. The van der Waals surface area contributed by atoms with Gasteiger partial charge in [-0.25, -0.2) is 0 Å². The van der Waals surface area contributed by atoms with Crippen molar-refractivity contribution < 1.29 is 0 Å². The fourth-order valence-electron chi connectivity index (χ4n) is 1.65. The Morgan fingerprint density at radius 2 is 1.88 bits per heavy atom. The summed E-state index contributed by atoms with van der Waals surface area (Å²) in [7, 11) is 0. The molecular formula is C13H13ClN2. The van der Waals surface area contributed by atoms with Crippen LogP contribution in [0.2, 0.25) is 5.02 Å². The van der Waals surface area contributed by atoms with Gasteiger partial charge in [0.1, 0.15) is 0 Å². The summed E-state index contributed by atoms with van der Waals surface area (Å²) in [6.07, 6.45) is 3.45. The zero-order valence-electron chi connectivity index (χ0n) is 9.29. The second kappa shape index (κ2) is 4.14. The van der Waals surface area contributed by atoms with E-state index in [0.29, 0.717) is 5.69 Å². The minimum absolute atomic E-state index is 0.689. The number of anilines is 1. The monoisotopic (exact) mass is 232 g/mol. The predicted octanol–water partition coefficient (Wildman–Crippen LogP) is 3.60. The summed E-state index contributed by atoms with van der Waals surface area (Å²) in [4.78, 5) is 4.10. The number of nitrogens with two attached hydrogens (primary N) is 1. The van der Waals surface area contributed by atoms with E-state index in [1.54, 1.807) is 12.4 Å². The van der Waals surface area contributed by atoms with Gasteiger partial charge in [0.25, 0.3) is 0 Å². The Kier molecular flexibility index (Phi) is 2.84. The molecule has 1 aromatic carbocycles. The number of halogens is 1. The maximum Gasteiger partial charge on any atom is 0.0536 e. The number of pyridine rings is 1. The van der Waals surface area contributed by atoms with E-state index >= 15 is 0 Å². The predicted molar refractivity (Wildman–Crippen MR) is 68.6 cm³/mol. The molecule has 0 radical (unpaired) electrons. The third kappa shape index (κ3) is 1.89. The number of nitrogen functional groups attached to an aromatic ring is 1. The van der Waals surface area contributed by atoms with Crippen molar-refractivity contribution in [3.63, 3.8) is 0 Å². The SMILES string of the molecule is Cc1ccc(-c2cncc(N)c2C)c(Cl)c1. The standard InChI is InChI=1S/C13H13ClN2/c1-8-3-4-10(12(14)5-8)11-6-16-7-13(15)9(11)2/h3-7H,15H2,1-2H3. The van der Waals surface area contributed by atoms with Crippen LogP contribution in [0.25, 0.3) is 11.1 Å². The van der Waals surface area contributed by atoms with E-state index in [-0.39, 0.29) is 0 Å². The van der Waals surface area contributed by atoms with Crippen LogP contribution in [0.3, 0.4) is 0 Å². The average molecular weight is 233 g/mol. The highest BCUT2D eigenvalue weighted by molar-refractivity contribution is 6.33. The molecule has 0 fully saturated rings. The number of hydrogen-bond acceptors (Lipinski definition) is 2. The molecule has 0 saturated heterocycles. The van der Waals surface area contributed by atoms with Crippen LogP contribution < -0.4 is 5.73 Å². The Hall–Kier alpha value is -1.54. The average Bonchev–Trinajstić information content (AvgIpc) is 2.23. The summed E-state index contributed by atoms with van der Waals surface area (Å²) >= 11 is 6.22. The summed E-state index contributed by atoms with van der Waals surface area (Å²) in [5.41, 5.74) is 10.6. The van der Waals surface area contributed by atoms with E-state index in [1.165, 1.54) is 0 Å². The molecule has 0 aliphatic heterocycles. The highest BCUT2D eigenvalue weighted by Crippen LogP contribution is 2.32. The molecule has 82 valence electrons. The van der Waals surface area contributed by atoms with Crippen LogP contribution >= 0.6 is 11.6 Å². The summed E-state index contributed by atoms with van der Waals surface area (Å²) in [6, 6.07) is 5.98. The second-order valence-electron chi connectivity index (χ2n) is 3.88. The van der Waals surface area contributed by atoms with Gasteiger partial charge in [-0.1, -0.05) is 23.7 Å². The molecule has 0 spiro atoms. The molecule has 2 nitrogen and oxygen atoms in total. The molecule has 3 heteroatoms. The molecule has 0 aliphatic rings. The van der Waals surface area contributed by atoms with E-state index in [1.807, 2.05) is 32.0 Å². The second-order valence-corrected chi connectivity index (χ2v) is 4.29. The largest absolute Gasteiger partial charge is 0.397 e. The van der Waals surface area contributed by atoms with Gasteiger partial charge < -0.3 is 5.73 Å². The summed E-state index contributed by atoms with van der Waals surface area (Å²) in [5.74, 6) is 0. The summed E-state index contributed by atoms with van der Waals surface area (Å²) in [5, 5.41) is 0.732. The molecule has 0 atom stereocenters. The molecule has 0 unspecified atom stereocenters. The lowest BCUT2D eigenvalue weighted by Crippen LogP contribution is -1.94. The van der Waals surface area contributed by atoms with Crippen LogP contribution in [-0.4, -0.2) is 4.98 Å². The number of rotatable bonds is 1. The zero-order valence-corrected chi connectivity index (χ0v) is 10.0. The van der Waals surface area contributed by atoms with Gasteiger partial charge in [-0.05, 0) is 31.0 Å². The lowest BCUT2D eigenvalue weighted by Gasteiger charge is -2.09. The molecular weight excluding hydrogens is 220 g/mol. The number of aryl methyl sites for hydroxylation is 1. The van der Waals surface area contributed by atoms with Gasteiger partial charge in [0, 0.05) is 22.3 Å². The lowest BCUT2D eigenvalue weighted by molar-refractivity contribution is 1.29. The van der Waals surface area contributed by atoms with Gasteiger partial charge in [-0.2, -0.15) is 0 Å². The molecule has 1 heterocycles. The van der Waals surface area contributed by atoms with E-state index in [9.17, 15) is 0 Å². The van der Waals surface area contributed by atoms with Crippen LogP contribution in [-0.2, 0) is 0 Å². The first kappa shape index (κ1) is 11.0. The van der Waals surface area contributed by atoms with Crippen molar-refractivity contribution in [1.29, 1.82) is 0 Å². The van der Waals surface area contributed by atoms with Crippen LogP contribution in [0, 0.1) is 13.8 Å². The molecule has 16 heavy (non-hydrogen) atoms. The lowest BCUT2D eigenvalue weighted by atomic mass is 10.0. The van der Waals surface area contributed by atoms with Crippen molar-refractivity contribution in [2.75, 3.05) is 5.73 Å². The van der Waals surface area contributed by atoms with Crippen molar-refractivity contribution in [2.45, 2.75) is 13.8 Å². The third-order valence-corrected chi connectivity index (χ3v) is 2.98. The Bertz CT molecular complexity index is 535. The maximum absolute atomic E-state index is 6.22. The minimum Gasteiger partial charge on any atom is -0.397 e. The number of benzene rings is 1. The minimum atomic E-state index is 0.689. The van der Waals surface area contributed by atoms with Crippen molar-refractivity contribution in [1.82, 2.24) is 4.98 Å². The van der Waals surface area contributed by atoms with Crippen molar-refractivity contribution in [2.24, 2.45) is 0 Å². The van der Waals surface area contributed by atoms with Crippen LogP contribution in [0.1, 0.15) is 11.1 Å². The quantitative estimate of drug-likeness (QED) is 0.816. The first-order chi connectivity index (χ1) is 7.59. The van der Waals surface area contributed by atoms with Crippen molar-refractivity contribution in [3.8, 4) is 11.1 Å². The molecule has 1 aromatic heterocycles. The molecule has 2 aromatic rings. The fraction of sp³-hybridized carbons (Fsp3) is 0.154. The Balaban J connectivity index is 2.63. The van der Waals surface area contributed by atoms with Crippen LogP contribution in [0.4, 0.5) is 5.69 Å². The molecule has 2 N–H and O–H groups in total. The van der Waals surface area contributed by atoms with Crippen LogP contribution in [0.15, 0.2) is 30.6 Å². The summed E-state index contributed by atoms with van der Waals surface area (Å²) in [6.45, 7) is 3.99. The first-order valence-corrected chi connectivity index (χ1v) is 5.44. The van der Waals surface area contributed by atoms with Crippen molar-refractivity contribution >= 4 is 17.3 Å². The van der Waals surface area contributed by atoms with Crippen LogP contribution in [0.5, 0.6) is 0 Å². The highest BCUT2D eigenvalue weighted by atomic mass is 35.5. The highest BCUT2D eigenvalue weighted by Gasteiger charge is 2.08. The topological polar surface area (TPSA) is 38.9 Å². The number of aromatic nitrogens is 1. The van der Waals surface area contributed by atoms with E-state index in [4.69, 9.17) is 17.3 Å². The Morgan fingerprint density at radius 1 is 1.12 bits per heavy atom. The normalized spacial score (nSPS) is 10.4. The van der Waals surface area contributed by atoms with E-state index in [0.717, 1.165) is 27.3 Å². The molecule has 2 rings (SSSR count). The molecule has 0 aliphatic carbocycles. The van der Waals surface area contributed by atoms with Gasteiger partial charge in [0.05, 0.1) is 11.9 Å². The Morgan fingerprint density at radius 3 is 2.56 bits per heavy atom. The van der Waals surface area contributed by atoms with Gasteiger partial charge in [-0.15, -0.1) is 0 Å². The molecule has 0 saturated carbocycles. The van der Waals surface area contributed by atoms with Crippen molar-refractivity contribution in [3.05, 3.63) is 46.7 Å². The molecule has 0 amide bonds. The Labute approximate surface area is 100 Å². The number of hydrogen-bond donors (Lipinski definition) is 1. The number of nitrogens with zero attached hydrogens (tertiary/aromatic N) is 1. The first-order valence-electron chi connectivity index (χ1n) is 5.06. The zero-order chi connectivity index (χ0) is 11.7. The van der Waals surface area contributed by atoms with E-state index < -0.39 is 0 Å². The van der Waals surface area contributed by atoms with E-state index in [2.05, 4.69) is 4.98 Å². The van der Waals surface area contributed by atoms with Gasteiger partial charge >= 0.3 is 0 Å². The fourth-order valence-corrected chi connectivity index (χ4v) is 1.99. The van der Waals surface area contributed by atoms with Gasteiger partial charge in [0.2, 0.25) is 0 Å². The maximum atomic E-state index is 6.22. The summed E-state index contributed by atoms with van der Waals surface area (Å²) < 4.78 is 0. The van der Waals surface area contributed by atoms with Gasteiger partial charge in [-0.3, -0.25) is 4.98 Å². The third-order valence-electron chi connectivity index (χ3n) is 2.67.